The summed E-state index contributed by atoms with van der Waals surface area (Å²) in [6.07, 6.45) is 1.14. The third kappa shape index (κ3) is 2.50. The predicted molar refractivity (Wildman–Crippen MR) is 82.1 cm³/mol. The lowest BCUT2D eigenvalue weighted by Crippen LogP contribution is -2.35. The fourth-order valence-electron chi connectivity index (χ4n) is 2.68. The summed E-state index contributed by atoms with van der Waals surface area (Å²) in [7, 11) is 2.68. The van der Waals surface area contributed by atoms with Crippen molar-refractivity contribution in [2.24, 2.45) is 5.41 Å². The van der Waals surface area contributed by atoms with Crippen LogP contribution in [0.25, 0.3) is 5.57 Å². The van der Waals surface area contributed by atoms with Crippen molar-refractivity contribution in [3.63, 3.8) is 0 Å². The molecule has 6 heteroatoms. The van der Waals surface area contributed by atoms with Gasteiger partial charge in [0.05, 0.1) is 20.8 Å². The number of Topliss-reactive ketones (excluding diaryl/α,β-unsaturated/α-hetero) is 1. The zero-order chi connectivity index (χ0) is 17.2. The van der Waals surface area contributed by atoms with Crippen LogP contribution in [0.3, 0.4) is 0 Å². The van der Waals surface area contributed by atoms with Gasteiger partial charge in [0.1, 0.15) is 5.75 Å². The molecule has 0 fully saturated rings. The zero-order valence-electron chi connectivity index (χ0n) is 13.5. The summed E-state index contributed by atoms with van der Waals surface area (Å²) >= 11 is 0. The van der Waals surface area contributed by atoms with Crippen LogP contribution in [0.1, 0.15) is 29.8 Å². The van der Waals surface area contributed by atoms with E-state index < -0.39 is 23.1 Å². The second-order valence-electron chi connectivity index (χ2n) is 5.14. The van der Waals surface area contributed by atoms with E-state index in [1.807, 2.05) is 0 Å². The molecule has 1 aliphatic carbocycles. The minimum absolute atomic E-state index is 0.126. The molecule has 0 bridgehead atoms. The Labute approximate surface area is 134 Å². The minimum atomic E-state index is -1.61. The largest absolute Gasteiger partial charge is 0.496 e. The topological polar surface area (TPSA) is 78.9 Å². The Hall–Kier alpha value is -2.63. The van der Waals surface area contributed by atoms with E-state index in [1.165, 1.54) is 21.1 Å². The van der Waals surface area contributed by atoms with Gasteiger partial charge in [-0.1, -0.05) is 12.1 Å². The first-order valence-corrected chi connectivity index (χ1v) is 7.11. The van der Waals surface area contributed by atoms with Crippen LogP contribution in [0.4, 0.5) is 0 Å². The van der Waals surface area contributed by atoms with Crippen molar-refractivity contribution in [2.45, 2.75) is 13.8 Å². The zero-order valence-corrected chi connectivity index (χ0v) is 13.5. The average molecular weight is 318 g/mol. The molecule has 0 aliphatic heterocycles. The summed E-state index contributed by atoms with van der Waals surface area (Å²) in [5.74, 6) is -1.40. The van der Waals surface area contributed by atoms with E-state index in [9.17, 15) is 14.4 Å². The van der Waals surface area contributed by atoms with E-state index >= 15 is 0 Å². The summed E-state index contributed by atoms with van der Waals surface area (Å²) in [6, 6.07) is 4.91. The lowest BCUT2D eigenvalue weighted by atomic mass is 9.81. The number of carbonyl (C=O) groups is 3. The second kappa shape index (κ2) is 6.24. The fourth-order valence-corrected chi connectivity index (χ4v) is 2.68. The Kier molecular flexibility index (Phi) is 4.54. The number of carbonyl (C=O) groups excluding carboxylic acids is 3. The van der Waals surface area contributed by atoms with Gasteiger partial charge in [-0.3, -0.25) is 9.59 Å². The third-order valence-corrected chi connectivity index (χ3v) is 3.90. The van der Waals surface area contributed by atoms with E-state index in [1.54, 1.807) is 25.1 Å². The van der Waals surface area contributed by atoms with Crippen LogP contribution >= 0.6 is 0 Å². The molecule has 1 aromatic rings. The Morgan fingerprint density at radius 3 is 2.52 bits per heavy atom. The first-order valence-electron chi connectivity index (χ1n) is 7.11. The van der Waals surface area contributed by atoms with Crippen molar-refractivity contribution in [1.82, 2.24) is 0 Å². The van der Waals surface area contributed by atoms with Crippen LogP contribution in [0.15, 0.2) is 24.3 Å². The monoisotopic (exact) mass is 318 g/mol. The number of rotatable bonds is 4. The highest BCUT2D eigenvalue weighted by atomic mass is 16.5. The highest BCUT2D eigenvalue weighted by molar-refractivity contribution is 6.28. The maximum absolute atomic E-state index is 12.8. The maximum Gasteiger partial charge on any atom is 0.330 e. The van der Waals surface area contributed by atoms with Crippen LogP contribution in [0, 0.1) is 5.41 Å². The Balaban J connectivity index is 2.75. The predicted octanol–water partition coefficient (Wildman–Crippen LogP) is 2.02. The van der Waals surface area contributed by atoms with Gasteiger partial charge in [-0.25, -0.2) is 4.79 Å². The molecule has 0 heterocycles. The average Bonchev–Trinajstić information content (AvgIpc) is 2.78. The van der Waals surface area contributed by atoms with Gasteiger partial charge in [-0.2, -0.15) is 0 Å². The van der Waals surface area contributed by atoms with E-state index in [4.69, 9.17) is 9.47 Å². The second-order valence-corrected chi connectivity index (χ2v) is 5.14. The highest BCUT2D eigenvalue weighted by Gasteiger charge is 2.54. The fraction of sp³-hybridized carbons (Fsp3) is 0.353. The SMILES string of the molecule is CCOC(=O)[C@]1(C)C(=O)c2cccc(OC)c2/C1=C/C(=O)OC. The Morgan fingerprint density at radius 1 is 1.26 bits per heavy atom. The Bertz CT molecular complexity index is 703. The lowest BCUT2D eigenvalue weighted by Gasteiger charge is -2.22. The molecule has 0 N–H and O–H groups in total. The van der Waals surface area contributed by atoms with Crippen LogP contribution in [0.2, 0.25) is 0 Å². The molecule has 2 rings (SSSR count). The van der Waals surface area contributed by atoms with Crippen molar-refractivity contribution in [3.8, 4) is 5.75 Å². The number of esters is 2. The standard InChI is InChI=1S/C17H18O6/c1-5-23-16(20)17(2)11(9-13(18)22-4)14-10(15(17)19)7-6-8-12(14)21-3/h6-9H,5H2,1-4H3/b11-9-/t17-/m0/s1. The van der Waals surface area contributed by atoms with E-state index in [0.29, 0.717) is 16.9 Å². The summed E-state index contributed by atoms with van der Waals surface area (Å²) in [5.41, 5.74) is -0.655. The van der Waals surface area contributed by atoms with Crippen molar-refractivity contribution in [3.05, 3.63) is 35.4 Å². The van der Waals surface area contributed by atoms with Gasteiger partial charge in [0.2, 0.25) is 0 Å². The molecular formula is C17H18O6. The number of hydrogen-bond acceptors (Lipinski definition) is 6. The minimum Gasteiger partial charge on any atom is -0.496 e. The van der Waals surface area contributed by atoms with Gasteiger partial charge in [0.15, 0.2) is 11.2 Å². The number of fused-ring (bicyclic) bond motifs is 1. The lowest BCUT2D eigenvalue weighted by molar-refractivity contribution is -0.148. The molecule has 0 saturated heterocycles. The van der Waals surface area contributed by atoms with Gasteiger partial charge >= 0.3 is 11.9 Å². The van der Waals surface area contributed by atoms with Crippen molar-refractivity contribution in [2.75, 3.05) is 20.8 Å². The molecule has 1 aromatic carbocycles. The number of ether oxygens (including phenoxy) is 3. The molecule has 0 spiro atoms. The summed E-state index contributed by atoms with van der Waals surface area (Å²) in [5, 5.41) is 0. The van der Waals surface area contributed by atoms with Crippen LogP contribution in [-0.2, 0) is 19.1 Å². The number of hydrogen-bond donors (Lipinski definition) is 0. The van der Waals surface area contributed by atoms with Gasteiger partial charge in [0, 0.05) is 17.2 Å². The molecule has 122 valence electrons. The third-order valence-electron chi connectivity index (χ3n) is 3.90. The number of benzene rings is 1. The van der Waals surface area contributed by atoms with Gasteiger partial charge < -0.3 is 14.2 Å². The van der Waals surface area contributed by atoms with Gasteiger partial charge in [-0.05, 0) is 25.5 Å². The van der Waals surface area contributed by atoms with Crippen LogP contribution in [-0.4, -0.2) is 38.5 Å². The molecule has 23 heavy (non-hydrogen) atoms. The van der Waals surface area contributed by atoms with Crippen LogP contribution in [0.5, 0.6) is 5.75 Å². The molecular weight excluding hydrogens is 300 g/mol. The van der Waals surface area contributed by atoms with Gasteiger partial charge in [0.25, 0.3) is 0 Å². The quantitative estimate of drug-likeness (QED) is 0.480. The molecule has 1 aliphatic rings. The van der Waals surface area contributed by atoms with E-state index in [0.717, 1.165) is 6.08 Å². The molecule has 0 amide bonds. The van der Waals surface area contributed by atoms with E-state index in [-0.39, 0.29) is 12.2 Å². The molecule has 0 aromatic heterocycles. The van der Waals surface area contributed by atoms with Gasteiger partial charge in [-0.15, -0.1) is 0 Å². The summed E-state index contributed by atoms with van der Waals surface area (Å²) in [4.78, 5) is 37.0. The summed E-state index contributed by atoms with van der Waals surface area (Å²) < 4.78 is 15.0. The molecule has 1 atom stereocenters. The first-order chi connectivity index (χ1) is 10.9. The molecule has 6 nitrogen and oxygen atoms in total. The number of methoxy groups -OCH3 is 2. The highest BCUT2D eigenvalue weighted by Crippen LogP contribution is 2.50. The number of ketones is 1. The first kappa shape index (κ1) is 16.7. The smallest absolute Gasteiger partial charge is 0.330 e. The normalized spacial score (nSPS) is 21.0. The van der Waals surface area contributed by atoms with Crippen molar-refractivity contribution < 1.29 is 28.6 Å². The molecule has 0 unspecified atom stereocenters. The van der Waals surface area contributed by atoms with E-state index in [2.05, 4.69) is 4.74 Å². The van der Waals surface area contributed by atoms with Crippen LogP contribution < -0.4 is 4.74 Å². The molecule has 0 saturated carbocycles. The van der Waals surface area contributed by atoms with Crippen molar-refractivity contribution >= 4 is 23.3 Å². The summed E-state index contributed by atoms with van der Waals surface area (Å²) in [6.45, 7) is 3.22. The Morgan fingerprint density at radius 2 is 1.96 bits per heavy atom. The van der Waals surface area contributed by atoms with Crippen molar-refractivity contribution in [1.29, 1.82) is 0 Å². The molecule has 0 radical (unpaired) electrons. The maximum atomic E-state index is 12.8.